The summed E-state index contributed by atoms with van der Waals surface area (Å²) >= 11 is 0. The summed E-state index contributed by atoms with van der Waals surface area (Å²) in [4.78, 5) is 37.1. The van der Waals surface area contributed by atoms with Gasteiger partial charge in [-0.1, -0.05) is 0 Å². The van der Waals surface area contributed by atoms with Crippen molar-refractivity contribution in [3.05, 3.63) is 30.1 Å². The van der Waals surface area contributed by atoms with Gasteiger partial charge in [-0.15, -0.1) is 0 Å². The van der Waals surface area contributed by atoms with Gasteiger partial charge in [0.2, 0.25) is 11.8 Å². The van der Waals surface area contributed by atoms with Gasteiger partial charge in [-0.25, -0.2) is 9.97 Å². The number of piperidine rings is 1. The molecule has 2 amide bonds. The summed E-state index contributed by atoms with van der Waals surface area (Å²) in [5.74, 6) is 0.872. The topological polar surface area (TPSA) is 90.5 Å². The van der Waals surface area contributed by atoms with Crippen molar-refractivity contribution in [1.82, 2.24) is 25.1 Å². The quantitative estimate of drug-likeness (QED) is 0.584. The molecule has 1 aromatic carbocycles. The van der Waals surface area contributed by atoms with Crippen LogP contribution in [0.5, 0.6) is 0 Å². The van der Waals surface area contributed by atoms with Gasteiger partial charge in [-0.05, 0) is 62.6 Å². The maximum absolute atomic E-state index is 13.1. The van der Waals surface area contributed by atoms with E-state index < -0.39 is 11.7 Å². The number of aromatic nitrogens is 2. The first-order chi connectivity index (χ1) is 17.8. The normalized spacial score (nSPS) is 23.6. The molecule has 2 aliphatic heterocycles. The summed E-state index contributed by atoms with van der Waals surface area (Å²) < 4.78 is 39.3. The largest absolute Gasteiger partial charge is 0.416 e. The van der Waals surface area contributed by atoms with Crippen LogP contribution in [0.2, 0.25) is 0 Å². The summed E-state index contributed by atoms with van der Waals surface area (Å²) in [6.07, 6.45) is 4.13. The summed E-state index contributed by atoms with van der Waals surface area (Å²) in [6, 6.07) is 3.87. The molecule has 37 heavy (non-hydrogen) atoms. The number of fused-ring (bicyclic) bond motifs is 1. The lowest BCUT2D eigenvalue weighted by molar-refractivity contribution is -0.137. The average molecular weight is 519 g/mol. The van der Waals surface area contributed by atoms with Crippen molar-refractivity contribution in [2.45, 2.75) is 63.2 Å². The molecular formula is C26H33F3N6O2. The standard InChI is InChI=1S/C26H33F3N6O2/c27-26(28,29)18-6-9-22-21(11-18)25(32-16-31-22)30-12-23(36)33-19-14-35(15-19)20-7-4-17(5-8-20)13-34-10-2-1-3-24(34)37/h6,9,11,16-17,19-20H,1-5,7-8,10,12-15H2,(H,33,36)(H,30,31,32)/t17-,20+. The molecule has 2 aromatic rings. The molecule has 5 rings (SSSR count). The number of alkyl halides is 3. The van der Waals surface area contributed by atoms with Gasteiger partial charge in [0.1, 0.15) is 12.1 Å². The summed E-state index contributed by atoms with van der Waals surface area (Å²) in [5.41, 5.74) is -0.413. The molecule has 3 aliphatic rings. The van der Waals surface area contributed by atoms with Crippen molar-refractivity contribution in [2.75, 3.05) is 38.0 Å². The zero-order chi connectivity index (χ0) is 26.0. The Hall–Kier alpha value is -2.95. The Labute approximate surface area is 214 Å². The molecule has 0 unspecified atom stereocenters. The van der Waals surface area contributed by atoms with Crippen molar-refractivity contribution >= 4 is 28.5 Å². The lowest BCUT2D eigenvalue weighted by Gasteiger charge is -2.47. The molecule has 2 N–H and O–H groups in total. The highest BCUT2D eigenvalue weighted by atomic mass is 19.4. The highest BCUT2D eigenvalue weighted by Crippen LogP contribution is 2.33. The van der Waals surface area contributed by atoms with Crippen LogP contribution in [0.1, 0.15) is 50.5 Å². The molecule has 0 bridgehead atoms. The summed E-state index contributed by atoms with van der Waals surface area (Å²) in [7, 11) is 0. The second-order valence-corrected chi connectivity index (χ2v) is 10.5. The van der Waals surface area contributed by atoms with Crippen LogP contribution < -0.4 is 10.6 Å². The second kappa shape index (κ2) is 10.8. The van der Waals surface area contributed by atoms with Crippen LogP contribution in [0.25, 0.3) is 10.9 Å². The van der Waals surface area contributed by atoms with Gasteiger partial charge in [0, 0.05) is 44.0 Å². The van der Waals surface area contributed by atoms with Gasteiger partial charge in [-0.3, -0.25) is 14.5 Å². The van der Waals surface area contributed by atoms with Crippen molar-refractivity contribution in [3.8, 4) is 0 Å². The van der Waals surface area contributed by atoms with E-state index in [1.807, 2.05) is 0 Å². The van der Waals surface area contributed by atoms with Gasteiger partial charge in [0.15, 0.2) is 0 Å². The Morgan fingerprint density at radius 1 is 1.08 bits per heavy atom. The minimum Gasteiger partial charge on any atom is -0.360 e. The highest BCUT2D eigenvalue weighted by Gasteiger charge is 2.36. The molecule has 2 saturated heterocycles. The number of nitrogens with zero attached hydrogens (tertiary/aromatic N) is 4. The molecule has 0 atom stereocenters. The summed E-state index contributed by atoms with van der Waals surface area (Å²) in [6.45, 7) is 3.33. The van der Waals surface area contributed by atoms with Crippen LogP contribution >= 0.6 is 0 Å². The maximum Gasteiger partial charge on any atom is 0.416 e. The minimum atomic E-state index is -4.47. The number of hydrogen-bond donors (Lipinski definition) is 2. The van der Waals surface area contributed by atoms with Gasteiger partial charge in [0.05, 0.1) is 23.7 Å². The molecule has 1 saturated carbocycles. The zero-order valence-electron chi connectivity index (χ0n) is 20.8. The Bertz CT molecular complexity index is 1130. The average Bonchev–Trinajstić information content (AvgIpc) is 2.86. The van der Waals surface area contributed by atoms with E-state index >= 15 is 0 Å². The number of anilines is 1. The molecule has 3 heterocycles. The van der Waals surface area contributed by atoms with Crippen molar-refractivity contribution < 1.29 is 22.8 Å². The predicted octanol–water partition coefficient (Wildman–Crippen LogP) is 3.43. The van der Waals surface area contributed by atoms with Gasteiger partial charge in [-0.2, -0.15) is 13.2 Å². The first-order valence-electron chi connectivity index (χ1n) is 13.1. The van der Waals surface area contributed by atoms with E-state index in [-0.39, 0.29) is 29.7 Å². The molecule has 1 aliphatic carbocycles. The molecule has 8 nitrogen and oxygen atoms in total. The molecular weight excluding hydrogens is 485 g/mol. The third-order valence-corrected chi connectivity index (χ3v) is 7.89. The van der Waals surface area contributed by atoms with Crippen LogP contribution in [0, 0.1) is 5.92 Å². The van der Waals surface area contributed by atoms with E-state index in [0.29, 0.717) is 29.8 Å². The van der Waals surface area contributed by atoms with Crippen LogP contribution in [0.15, 0.2) is 24.5 Å². The number of nitrogens with one attached hydrogen (secondary N) is 2. The fourth-order valence-electron chi connectivity index (χ4n) is 5.78. The Balaban J connectivity index is 1.04. The minimum absolute atomic E-state index is 0.0666. The zero-order valence-corrected chi connectivity index (χ0v) is 20.8. The number of amides is 2. The fraction of sp³-hybridized carbons (Fsp3) is 0.615. The second-order valence-electron chi connectivity index (χ2n) is 10.5. The molecule has 3 fully saturated rings. The van der Waals surface area contributed by atoms with Gasteiger partial charge in [0.25, 0.3) is 0 Å². The number of rotatable bonds is 7. The SMILES string of the molecule is O=C(CNc1ncnc2ccc(C(F)(F)F)cc12)NC1CN([C@H]2CC[C@@H](CN3CCCCC3=O)CC2)C1. The van der Waals surface area contributed by atoms with Gasteiger partial charge < -0.3 is 15.5 Å². The Morgan fingerprint density at radius 3 is 2.59 bits per heavy atom. The fourth-order valence-corrected chi connectivity index (χ4v) is 5.78. The Kier molecular flexibility index (Phi) is 7.50. The van der Waals surface area contributed by atoms with Gasteiger partial charge >= 0.3 is 6.18 Å². The molecule has 11 heteroatoms. The number of carbonyl (C=O) groups is 2. The molecule has 0 radical (unpaired) electrons. The first-order valence-corrected chi connectivity index (χ1v) is 13.1. The molecule has 0 spiro atoms. The van der Waals surface area contributed by atoms with E-state index in [0.717, 1.165) is 76.8 Å². The van der Waals surface area contributed by atoms with E-state index in [1.165, 1.54) is 12.4 Å². The number of likely N-dealkylation sites (tertiary alicyclic amines) is 2. The van der Waals surface area contributed by atoms with Crippen molar-refractivity contribution in [1.29, 1.82) is 0 Å². The molecule has 200 valence electrons. The van der Waals surface area contributed by atoms with Crippen LogP contribution in [-0.4, -0.2) is 76.4 Å². The smallest absolute Gasteiger partial charge is 0.360 e. The van der Waals surface area contributed by atoms with E-state index in [2.05, 4.69) is 30.4 Å². The molecule has 1 aromatic heterocycles. The van der Waals surface area contributed by atoms with E-state index in [4.69, 9.17) is 0 Å². The lowest BCUT2D eigenvalue weighted by Crippen LogP contribution is -2.63. The van der Waals surface area contributed by atoms with Crippen LogP contribution in [-0.2, 0) is 15.8 Å². The van der Waals surface area contributed by atoms with E-state index in [9.17, 15) is 22.8 Å². The highest BCUT2D eigenvalue weighted by molar-refractivity contribution is 5.91. The number of halogens is 3. The van der Waals surface area contributed by atoms with Crippen LogP contribution in [0.3, 0.4) is 0 Å². The number of benzene rings is 1. The number of hydrogen-bond acceptors (Lipinski definition) is 6. The lowest BCUT2D eigenvalue weighted by atomic mass is 9.83. The first kappa shape index (κ1) is 25.7. The van der Waals surface area contributed by atoms with Crippen LogP contribution in [0.4, 0.5) is 19.0 Å². The third kappa shape index (κ3) is 6.14. The monoisotopic (exact) mass is 518 g/mol. The predicted molar refractivity (Wildman–Crippen MR) is 133 cm³/mol. The third-order valence-electron chi connectivity index (χ3n) is 7.89. The van der Waals surface area contributed by atoms with E-state index in [1.54, 1.807) is 0 Å². The maximum atomic E-state index is 13.1. The summed E-state index contributed by atoms with van der Waals surface area (Å²) in [5, 5.41) is 6.08. The Morgan fingerprint density at radius 2 is 1.86 bits per heavy atom. The van der Waals surface area contributed by atoms with Crippen molar-refractivity contribution in [3.63, 3.8) is 0 Å². The number of carbonyl (C=O) groups excluding carboxylic acids is 2. The van der Waals surface area contributed by atoms with Crippen molar-refractivity contribution in [2.24, 2.45) is 5.92 Å².